The van der Waals surface area contributed by atoms with E-state index in [0.717, 1.165) is 38.1 Å². The molecule has 2 unspecified atom stereocenters. The molecule has 1 saturated heterocycles. The third-order valence-corrected chi connectivity index (χ3v) is 4.36. The molecule has 26 heavy (non-hydrogen) atoms. The number of hydrogen-bond acceptors (Lipinski definition) is 4. The van der Waals surface area contributed by atoms with E-state index in [9.17, 15) is 4.79 Å². The van der Waals surface area contributed by atoms with Gasteiger partial charge in [-0.2, -0.15) is 5.10 Å². The predicted octanol–water partition coefficient (Wildman–Crippen LogP) is 2.49. The third kappa shape index (κ3) is 5.31. The summed E-state index contributed by atoms with van der Waals surface area (Å²) >= 11 is 0. The van der Waals surface area contributed by atoms with E-state index in [-0.39, 0.29) is 18.2 Å². The van der Waals surface area contributed by atoms with Crippen LogP contribution in [-0.2, 0) is 11.3 Å². The summed E-state index contributed by atoms with van der Waals surface area (Å²) in [7, 11) is 3.98. The van der Waals surface area contributed by atoms with Crippen molar-refractivity contribution in [3.63, 3.8) is 0 Å². The number of ether oxygens (including phenoxy) is 1. The predicted molar refractivity (Wildman–Crippen MR) is 101 cm³/mol. The van der Waals surface area contributed by atoms with Crippen LogP contribution >= 0.6 is 0 Å². The first-order valence-electron chi connectivity index (χ1n) is 9.01. The largest absolute Gasteiger partial charge is 0.376 e. The number of benzene rings is 1. The summed E-state index contributed by atoms with van der Waals surface area (Å²) in [4.78, 5) is 14.5. The van der Waals surface area contributed by atoms with Gasteiger partial charge in [0.15, 0.2) is 0 Å². The van der Waals surface area contributed by atoms with Gasteiger partial charge in [0.2, 0.25) is 0 Å². The molecule has 3 rings (SSSR count). The van der Waals surface area contributed by atoms with Crippen LogP contribution < -0.4 is 10.6 Å². The van der Waals surface area contributed by atoms with Gasteiger partial charge in [0, 0.05) is 19.3 Å². The molecule has 2 N–H and O–H groups in total. The molecule has 2 aromatic rings. The number of nitrogens with one attached hydrogen (secondary N) is 2. The van der Waals surface area contributed by atoms with Crippen LogP contribution in [0.15, 0.2) is 42.7 Å². The van der Waals surface area contributed by atoms with E-state index < -0.39 is 0 Å². The molecule has 1 aromatic heterocycles. The number of hydrogen-bond donors (Lipinski definition) is 2. The zero-order valence-corrected chi connectivity index (χ0v) is 15.4. The summed E-state index contributed by atoms with van der Waals surface area (Å²) in [6.45, 7) is 2.26. The highest BCUT2D eigenvalue weighted by atomic mass is 16.5. The Kier molecular flexibility index (Phi) is 6.25. The molecule has 0 bridgehead atoms. The van der Waals surface area contributed by atoms with Gasteiger partial charge in [-0.05, 0) is 32.5 Å². The quantitative estimate of drug-likeness (QED) is 0.799. The minimum atomic E-state index is -0.239. The summed E-state index contributed by atoms with van der Waals surface area (Å²) in [5, 5.41) is 10.2. The van der Waals surface area contributed by atoms with Crippen molar-refractivity contribution in [2.45, 2.75) is 31.5 Å². The van der Waals surface area contributed by atoms with Crippen molar-refractivity contribution in [2.24, 2.45) is 0 Å². The van der Waals surface area contributed by atoms with Crippen molar-refractivity contribution >= 4 is 11.7 Å². The van der Waals surface area contributed by atoms with Crippen LogP contribution in [0.25, 0.3) is 0 Å². The topological polar surface area (TPSA) is 71.4 Å². The Morgan fingerprint density at radius 1 is 1.38 bits per heavy atom. The molecule has 0 aliphatic carbocycles. The van der Waals surface area contributed by atoms with Crippen LogP contribution in [0.3, 0.4) is 0 Å². The van der Waals surface area contributed by atoms with Gasteiger partial charge in [-0.15, -0.1) is 0 Å². The third-order valence-electron chi connectivity index (χ3n) is 4.36. The number of carbonyl (C=O) groups is 1. The molecule has 7 heteroatoms. The van der Waals surface area contributed by atoms with Crippen LogP contribution in [-0.4, -0.2) is 54.1 Å². The lowest BCUT2D eigenvalue weighted by molar-refractivity contribution is 0.0940. The zero-order chi connectivity index (χ0) is 18.4. The lowest BCUT2D eigenvalue weighted by Gasteiger charge is -2.22. The van der Waals surface area contributed by atoms with Gasteiger partial charge in [-0.3, -0.25) is 4.68 Å². The number of urea groups is 1. The molecule has 1 aliphatic heterocycles. The molecule has 2 amide bonds. The Bertz CT molecular complexity index is 695. The highest BCUT2D eigenvalue weighted by molar-refractivity contribution is 5.89. The molecule has 7 nitrogen and oxygen atoms in total. The second-order valence-corrected chi connectivity index (χ2v) is 6.91. The van der Waals surface area contributed by atoms with Gasteiger partial charge in [0.25, 0.3) is 0 Å². The fourth-order valence-electron chi connectivity index (χ4n) is 3.14. The van der Waals surface area contributed by atoms with E-state index in [1.807, 2.05) is 55.3 Å². The lowest BCUT2D eigenvalue weighted by atomic mass is 10.1. The standard InChI is InChI=1S/C19H27N5O2/c1-23(2)14-18(15-7-4-3-5-8-15)22-19(25)21-16-11-20-24(12-16)13-17-9-6-10-26-17/h3-5,7-8,11-12,17-18H,6,9-10,13-14H2,1-2H3,(H2,21,22,25). The molecule has 0 spiro atoms. The van der Waals surface area contributed by atoms with Crippen molar-refractivity contribution in [2.75, 3.05) is 32.6 Å². The number of nitrogens with zero attached hydrogens (tertiary/aromatic N) is 3. The van der Waals surface area contributed by atoms with E-state index >= 15 is 0 Å². The fourth-order valence-corrected chi connectivity index (χ4v) is 3.14. The van der Waals surface area contributed by atoms with Crippen molar-refractivity contribution in [3.05, 3.63) is 48.3 Å². The fraction of sp³-hybridized carbons (Fsp3) is 0.474. The van der Waals surface area contributed by atoms with Gasteiger partial charge in [0.1, 0.15) is 0 Å². The minimum absolute atomic E-state index is 0.0897. The number of rotatable bonds is 7. The first-order chi connectivity index (χ1) is 12.6. The Morgan fingerprint density at radius 2 is 2.19 bits per heavy atom. The Labute approximate surface area is 154 Å². The highest BCUT2D eigenvalue weighted by Gasteiger charge is 2.18. The number of amides is 2. The molecule has 0 saturated carbocycles. The van der Waals surface area contributed by atoms with E-state index in [1.165, 1.54) is 0 Å². The van der Waals surface area contributed by atoms with E-state index in [1.54, 1.807) is 6.20 Å². The summed E-state index contributed by atoms with van der Waals surface area (Å²) in [6, 6.07) is 9.64. The van der Waals surface area contributed by atoms with Crippen molar-refractivity contribution in [3.8, 4) is 0 Å². The zero-order valence-electron chi connectivity index (χ0n) is 15.4. The molecule has 2 heterocycles. The first-order valence-corrected chi connectivity index (χ1v) is 9.01. The van der Waals surface area contributed by atoms with Gasteiger partial charge in [0.05, 0.1) is 30.6 Å². The second kappa shape index (κ2) is 8.82. The van der Waals surface area contributed by atoms with Crippen LogP contribution in [0.4, 0.5) is 10.5 Å². The SMILES string of the molecule is CN(C)CC(NC(=O)Nc1cnn(CC2CCCO2)c1)c1ccccc1. The first kappa shape index (κ1) is 18.4. The average molecular weight is 357 g/mol. The number of likely N-dealkylation sites (N-methyl/N-ethyl adjacent to an activating group) is 1. The Morgan fingerprint density at radius 3 is 2.88 bits per heavy atom. The molecule has 140 valence electrons. The summed E-state index contributed by atoms with van der Waals surface area (Å²) in [5.74, 6) is 0. The van der Waals surface area contributed by atoms with E-state index in [4.69, 9.17) is 4.74 Å². The van der Waals surface area contributed by atoms with Gasteiger partial charge in [-0.1, -0.05) is 30.3 Å². The molecular formula is C19H27N5O2. The normalized spacial score (nSPS) is 18.0. The van der Waals surface area contributed by atoms with Crippen LogP contribution in [0.1, 0.15) is 24.4 Å². The molecule has 1 aliphatic rings. The van der Waals surface area contributed by atoms with Gasteiger partial charge < -0.3 is 20.3 Å². The minimum Gasteiger partial charge on any atom is -0.376 e. The lowest BCUT2D eigenvalue weighted by Crippen LogP contribution is -2.37. The maximum atomic E-state index is 12.4. The van der Waals surface area contributed by atoms with Crippen LogP contribution in [0.2, 0.25) is 0 Å². The Balaban J connectivity index is 1.57. The van der Waals surface area contributed by atoms with Crippen LogP contribution in [0.5, 0.6) is 0 Å². The number of anilines is 1. The molecule has 1 fully saturated rings. The maximum absolute atomic E-state index is 12.4. The monoisotopic (exact) mass is 357 g/mol. The van der Waals surface area contributed by atoms with Crippen molar-refractivity contribution in [1.29, 1.82) is 0 Å². The molecule has 1 aromatic carbocycles. The van der Waals surface area contributed by atoms with Crippen molar-refractivity contribution in [1.82, 2.24) is 20.0 Å². The molecular weight excluding hydrogens is 330 g/mol. The summed E-state index contributed by atoms with van der Waals surface area (Å²) < 4.78 is 7.44. The molecule has 2 atom stereocenters. The second-order valence-electron chi connectivity index (χ2n) is 6.91. The highest BCUT2D eigenvalue weighted by Crippen LogP contribution is 2.16. The van der Waals surface area contributed by atoms with Crippen LogP contribution in [0, 0.1) is 0 Å². The number of carbonyl (C=O) groups excluding carboxylic acids is 1. The molecule has 0 radical (unpaired) electrons. The van der Waals surface area contributed by atoms with Gasteiger partial charge in [-0.25, -0.2) is 4.79 Å². The van der Waals surface area contributed by atoms with E-state index in [2.05, 4.69) is 20.6 Å². The Hall–Kier alpha value is -2.38. The summed E-state index contributed by atoms with van der Waals surface area (Å²) in [6.07, 6.45) is 5.89. The smallest absolute Gasteiger partial charge is 0.319 e. The summed E-state index contributed by atoms with van der Waals surface area (Å²) in [5.41, 5.74) is 1.75. The average Bonchev–Trinajstić information content (AvgIpc) is 3.27. The van der Waals surface area contributed by atoms with Crippen molar-refractivity contribution < 1.29 is 9.53 Å². The van der Waals surface area contributed by atoms with Gasteiger partial charge >= 0.3 is 6.03 Å². The number of aromatic nitrogens is 2. The maximum Gasteiger partial charge on any atom is 0.319 e. The van der Waals surface area contributed by atoms with E-state index in [0.29, 0.717) is 5.69 Å².